The number of rotatable bonds is 55. The number of nitrogens with zero attached hydrogens (tertiary/aromatic N) is 2. The number of aliphatic hydroxyl groups excluding tert-OH is 24. The van der Waals surface area contributed by atoms with E-state index in [4.69, 9.17) is 71.2 Å². The van der Waals surface area contributed by atoms with Crippen LogP contribution in [0.2, 0.25) is 0 Å². The molecule has 788 valence electrons. The van der Waals surface area contributed by atoms with E-state index in [1.807, 2.05) is 0 Å². The number of amides is 9. The lowest BCUT2D eigenvalue weighted by Crippen LogP contribution is -2.65. The van der Waals surface area contributed by atoms with Crippen LogP contribution in [0.1, 0.15) is 89.9 Å². The summed E-state index contributed by atoms with van der Waals surface area (Å²) in [6.07, 6.45) is -63.0. The standard InChI is InChI=1S/C79H133N9O49/c89-27-35-51(103)58(110)63(115)73(128-35)123-21-19-84-43(95)12-11-34(72(122)85-20-23-125-77-69(121)71(136-79-67(119)62(114)55(107)39(31-93)132-79)57(109)41(134-77)33-127-75-65(117)60(112)53(105)37(29-91)130-75)86-44(96)9-7-17-82-47(99)26-87(25-46(98)81-16-6-2-4-10-50(102)137-88-48(100)13-14-49(88)101)24-45(97)80-15-5-1-3-8-42(94)83-18-22-124-76-68(120)70(135-78-66(118)61(113)54(106)38(30-92)131-78)56(108)40(133-76)32-126-74-64(116)59(111)52(104)36(28-90)129-74/h34-41,51-71,73-79,89-93,103-121H,1-33H2,(H,80,97)(H,81,98)(H,82,99)(H,83,94)(H,84,95)(H,85,122)(H,86,96)/t34-,35+,36+,37+,38+,39+,40+,41+,51+,52+,53+,54+,55+,56+,57+,58-,59-,60-,61-,62-,63-,64-,65-,66-,67-,68-,69-,70-,71-,73+,74-,75-,76-,77-,78+,79+/m0/s1. The molecular formula is C79H133N9O49. The predicted molar refractivity (Wildman–Crippen MR) is 439 cm³/mol. The quantitative estimate of drug-likeness (QED) is 0.0199. The molecule has 9 amide bonds. The first-order valence-corrected chi connectivity index (χ1v) is 44.9. The number of hydroxylamine groups is 2. The van der Waals surface area contributed by atoms with Gasteiger partial charge in [0.15, 0.2) is 44.0 Å². The van der Waals surface area contributed by atoms with Gasteiger partial charge in [0, 0.05) is 77.8 Å². The number of hydrogen-bond donors (Lipinski definition) is 31. The summed E-state index contributed by atoms with van der Waals surface area (Å²) >= 11 is 0. The van der Waals surface area contributed by atoms with Crippen LogP contribution in [0.5, 0.6) is 0 Å². The van der Waals surface area contributed by atoms with Crippen LogP contribution in [0, 0.1) is 0 Å². The summed E-state index contributed by atoms with van der Waals surface area (Å²) in [5, 5.41) is 269. The average molecular weight is 1990 g/mol. The fourth-order valence-corrected chi connectivity index (χ4v) is 15.4. The van der Waals surface area contributed by atoms with Crippen LogP contribution in [0.3, 0.4) is 0 Å². The van der Waals surface area contributed by atoms with E-state index in [1.54, 1.807) is 0 Å². The van der Waals surface area contributed by atoms with Crippen molar-refractivity contribution in [2.45, 2.75) is 311 Å². The molecule has 8 heterocycles. The van der Waals surface area contributed by atoms with Crippen molar-refractivity contribution in [2.24, 2.45) is 0 Å². The normalized spacial score (nSPS) is 36.1. The lowest BCUT2D eigenvalue weighted by Gasteiger charge is -2.46. The second kappa shape index (κ2) is 57.6. The van der Waals surface area contributed by atoms with Gasteiger partial charge in [0.1, 0.15) is 177 Å². The highest BCUT2D eigenvalue weighted by molar-refractivity contribution is 6.01. The Hall–Kier alpha value is -6.66. The summed E-state index contributed by atoms with van der Waals surface area (Å²) in [5.74, 6) is -7.19. The van der Waals surface area contributed by atoms with E-state index in [-0.39, 0.29) is 90.9 Å². The molecule has 8 aliphatic rings. The van der Waals surface area contributed by atoms with E-state index in [9.17, 15) is 171 Å². The fraction of sp³-hybridized carbons (Fsp3) is 0.873. The maximum Gasteiger partial charge on any atom is 0.333 e. The van der Waals surface area contributed by atoms with Gasteiger partial charge in [-0.3, -0.25) is 48.1 Å². The van der Waals surface area contributed by atoms with Gasteiger partial charge in [-0.1, -0.05) is 12.8 Å². The lowest BCUT2D eigenvalue weighted by molar-refractivity contribution is -0.366. The van der Waals surface area contributed by atoms with Crippen LogP contribution in [0.15, 0.2) is 0 Å². The third kappa shape index (κ3) is 33.7. The smallest absolute Gasteiger partial charge is 0.333 e. The lowest BCUT2D eigenvalue weighted by atomic mass is 9.96. The number of aliphatic hydroxyl groups is 24. The zero-order chi connectivity index (χ0) is 101. The summed E-state index contributed by atoms with van der Waals surface area (Å²) in [6.45, 7) is -9.93. The molecule has 8 rings (SSSR count). The molecule has 8 aliphatic heterocycles. The zero-order valence-corrected chi connectivity index (χ0v) is 74.5. The molecule has 0 unspecified atom stereocenters. The average Bonchev–Trinajstić information content (AvgIpc) is 1.26. The minimum atomic E-state index is -2.08. The highest BCUT2D eigenvalue weighted by atomic mass is 16.8. The molecule has 0 aromatic carbocycles. The number of ether oxygens (including phenoxy) is 14. The Morgan fingerprint density at radius 2 is 0.620 bits per heavy atom. The van der Waals surface area contributed by atoms with Crippen LogP contribution >= 0.6 is 0 Å². The zero-order valence-electron chi connectivity index (χ0n) is 74.5. The Balaban J connectivity index is 0.831. The van der Waals surface area contributed by atoms with E-state index in [0.29, 0.717) is 30.7 Å². The molecule has 0 saturated carbocycles. The minimum absolute atomic E-state index is 0.0389. The van der Waals surface area contributed by atoms with Crippen molar-refractivity contribution in [2.75, 3.05) is 125 Å². The highest BCUT2D eigenvalue weighted by Gasteiger charge is 2.56. The topological polar surface area (TPSA) is 885 Å². The van der Waals surface area contributed by atoms with Gasteiger partial charge in [-0.05, 0) is 38.5 Å². The molecule has 0 aliphatic carbocycles. The predicted octanol–water partition coefficient (Wildman–Crippen LogP) is -19.5. The Morgan fingerprint density at radius 1 is 0.314 bits per heavy atom. The van der Waals surface area contributed by atoms with Crippen molar-refractivity contribution in [1.82, 2.24) is 47.2 Å². The van der Waals surface area contributed by atoms with Gasteiger partial charge >= 0.3 is 5.97 Å². The molecule has 36 atom stereocenters. The molecule has 0 aromatic rings. The maximum absolute atomic E-state index is 14.1. The van der Waals surface area contributed by atoms with Gasteiger partial charge in [-0.15, -0.1) is 5.06 Å². The summed E-state index contributed by atoms with van der Waals surface area (Å²) in [7, 11) is 0. The molecule has 58 nitrogen and oxygen atoms in total. The van der Waals surface area contributed by atoms with Crippen LogP contribution in [-0.2, 0) is 119 Å². The number of unbranched alkanes of at least 4 members (excludes halogenated alkanes) is 4. The SMILES string of the molecule is O=C(CCCCCNC(=O)CN(CC(=O)NCCCCCC(=O)ON1C(=O)CCC1=O)CC(=O)NCCCC(=O)N[C@@H](CCC(=O)NCCO[C@@H]1O[C@H](CO)[C@@H](O)[C@H](O)[C@@H]1O)C(=O)NCCO[C@H]1O[C@H](CO[C@H]2O[C@H](CO)[C@@H](O)[C@H](O)[C@@H]2O)[C@@H](O)[C@H](O[C@H]2O[C@H](CO)[C@@H](O)[C@H](O)[C@@H]2O)[C@@H]1O)NCCO[C@H]1O[C@H](CO[C@H]2O[C@H](CO)[C@@H](O)[C@H](O)[C@@H]2O)[C@@H](O)[C@H](O[C@H]2O[C@H](CO)[C@@H](O)[C@H](O)[C@@H]2O)[C@@H]1O. The molecule has 137 heavy (non-hydrogen) atoms. The van der Waals surface area contributed by atoms with Gasteiger partial charge in [0.05, 0.1) is 85.7 Å². The van der Waals surface area contributed by atoms with Crippen LogP contribution < -0.4 is 37.2 Å². The van der Waals surface area contributed by atoms with Gasteiger partial charge in [-0.2, -0.15) is 0 Å². The summed E-state index contributed by atoms with van der Waals surface area (Å²) in [6, 6.07) is -1.55. The van der Waals surface area contributed by atoms with E-state index in [0.717, 1.165) is 0 Å². The molecule has 0 bridgehead atoms. The Bertz CT molecular complexity index is 3700. The monoisotopic (exact) mass is 1990 g/mol. The number of carbonyl (C=O) groups is 10. The van der Waals surface area contributed by atoms with Crippen molar-refractivity contribution in [1.29, 1.82) is 0 Å². The van der Waals surface area contributed by atoms with Crippen molar-refractivity contribution >= 4 is 59.1 Å². The van der Waals surface area contributed by atoms with E-state index < -0.39 is 378 Å². The molecule has 8 saturated heterocycles. The molecule has 0 aromatic heterocycles. The fourth-order valence-electron chi connectivity index (χ4n) is 15.4. The third-order valence-electron chi connectivity index (χ3n) is 23.4. The van der Waals surface area contributed by atoms with E-state index in [1.165, 1.54) is 4.90 Å². The van der Waals surface area contributed by atoms with Crippen molar-refractivity contribution in [3.8, 4) is 0 Å². The summed E-state index contributed by atoms with van der Waals surface area (Å²) in [4.78, 5) is 137. The maximum atomic E-state index is 14.1. The van der Waals surface area contributed by atoms with Crippen LogP contribution in [-0.4, -0.2) is 538 Å². The molecule has 0 radical (unpaired) electrons. The first kappa shape index (κ1) is 116. The van der Waals surface area contributed by atoms with Crippen LogP contribution in [0.25, 0.3) is 0 Å². The van der Waals surface area contributed by atoms with E-state index >= 15 is 0 Å². The van der Waals surface area contributed by atoms with Gasteiger partial charge in [0.2, 0.25) is 41.4 Å². The summed E-state index contributed by atoms with van der Waals surface area (Å²) < 4.78 is 78.0. The van der Waals surface area contributed by atoms with Gasteiger partial charge in [-0.25, -0.2) is 4.79 Å². The third-order valence-corrected chi connectivity index (χ3v) is 23.4. The molecular weight excluding hydrogens is 1860 g/mol. The number of nitrogens with one attached hydrogen (secondary N) is 7. The van der Waals surface area contributed by atoms with Crippen LogP contribution in [0.4, 0.5) is 0 Å². The molecule has 31 N–H and O–H groups in total. The Labute approximate surface area is 781 Å². The molecule has 0 spiro atoms. The minimum Gasteiger partial charge on any atom is -0.394 e. The van der Waals surface area contributed by atoms with Gasteiger partial charge in [0.25, 0.3) is 11.8 Å². The first-order valence-electron chi connectivity index (χ1n) is 44.9. The molecule has 8 fully saturated rings. The van der Waals surface area contributed by atoms with Crippen molar-refractivity contribution in [3.63, 3.8) is 0 Å². The summed E-state index contributed by atoms with van der Waals surface area (Å²) in [5.41, 5.74) is 0. The first-order chi connectivity index (χ1) is 65.2. The largest absolute Gasteiger partial charge is 0.394 e. The second-order valence-corrected chi connectivity index (χ2v) is 33.6. The highest BCUT2D eigenvalue weighted by Crippen LogP contribution is 2.35. The Kier molecular flexibility index (Phi) is 48.6. The van der Waals surface area contributed by atoms with Gasteiger partial charge < -0.3 is 231 Å². The number of hydrogen-bond acceptors (Lipinski definition) is 50. The van der Waals surface area contributed by atoms with Crippen molar-refractivity contribution in [3.05, 3.63) is 0 Å². The second-order valence-electron chi connectivity index (χ2n) is 33.6. The number of carbonyl (C=O) groups excluding carboxylic acids is 10. The van der Waals surface area contributed by atoms with E-state index in [2.05, 4.69) is 37.2 Å². The number of imide groups is 1. The Morgan fingerprint density at radius 3 is 1.00 bits per heavy atom. The molecule has 58 heteroatoms. The van der Waals surface area contributed by atoms with Crippen molar-refractivity contribution < 1.29 is 242 Å².